The smallest absolute Gasteiger partial charge is 0.284 e. The second kappa shape index (κ2) is 11.3. The van der Waals surface area contributed by atoms with Gasteiger partial charge in [-0.25, -0.2) is 13.8 Å². The highest BCUT2D eigenvalue weighted by molar-refractivity contribution is 7.12. The first-order valence-corrected chi connectivity index (χ1v) is 10.2. The number of nitrogens with one attached hydrogen (secondary N) is 1. The predicted molar refractivity (Wildman–Crippen MR) is 112 cm³/mol. The van der Waals surface area contributed by atoms with E-state index in [2.05, 4.69) is 22.2 Å². The first kappa shape index (κ1) is 23.3. The molecule has 5 nitrogen and oxygen atoms in total. The molecular weight excluding hydrogens is 415 g/mol. The molecule has 1 N–H and O–H groups in total. The number of aromatic nitrogens is 2. The molecule has 9 heteroatoms. The Balaban J connectivity index is 0.00000320. The van der Waals surface area contributed by atoms with Gasteiger partial charge in [-0.2, -0.15) is 0 Å². The molecule has 1 amide bonds. The minimum Gasteiger partial charge on any atom is -0.493 e. The number of unbranched alkanes of at least 4 members (excludes halogenated alkanes) is 2. The average molecular weight is 437 g/mol. The first-order chi connectivity index (χ1) is 14.1. The van der Waals surface area contributed by atoms with Crippen molar-refractivity contribution in [3.63, 3.8) is 0 Å². The van der Waals surface area contributed by atoms with Crippen LogP contribution in [0.2, 0.25) is 0 Å². The van der Waals surface area contributed by atoms with Crippen molar-refractivity contribution in [1.29, 1.82) is 0 Å². The van der Waals surface area contributed by atoms with E-state index < -0.39 is 12.3 Å². The van der Waals surface area contributed by atoms with Crippen molar-refractivity contribution in [2.45, 2.75) is 32.6 Å². The van der Waals surface area contributed by atoms with E-state index in [4.69, 9.17) is 4.74 Å². The van der Waals surface area contributed by atoms with Gasteiger partial charge in [-0.05, 0) is 36.8 Å². The Morgan fingerprint density at radius 1 is 1.27 bits per heavy atom. The van der Waals surface area contributed by atoms with Gasteiger partial charge >= 0.3 is 0 Å². The molecule has 0 aliphatic carbocycles. The van der Waals surface area contributed by atoms with E-state index in [0.717, 1.165) is 24.8 Å². The Morgan fingerprint density at radius 3 is 2.80 bits per heavy atom. The normalized spacial score (nSPS) is 10.5. The van der Waals surface area contributed by atoms with Crippen molar-refractivity contribution in [3.05, 3.63) is 58.7 Å². The predicted octanol–water partition coefficient (Wildman–Crippen LogP) is 6.12. The molecule has 3 rings (SSSR count). The Labute approximate surface area is 176 Å². The molecule has 0 radical (unpaired) electrons. The van der Waals surface area contributed by atoms with Crippen LogP contribution in [0.4, 0.5) is 19.2 Å². The zero-order valence-corrected chi connectivity index (χ0v) is 17.1. The Hall–Kier alpha value is -2.94. The molecule has 0 bridgehead atoms. The van der Waals surface area contributed by atoms with Gasteiger partial charge in [-0.1, -0.05) is 19.8 Å². The van der Waals surface area contributed by atoms with Crippen molar-refractivity contribution < 1.29 is 23.0 Å². The number of halogens is 3. The number of alkyl halides is 2. The molecule has 2 heterocycles. The number of rotatable bonds is 9. The minimum absolute atomic E-state index is 0. The van der Waals surface area contributed by atoms with Gasteiger partial charge in [0.2, 0.25) is 0 Å². The standard InChI is InChI=1S/C21H21F2N3O2S.FH/c1-2-3-4-10-28-18-8-7-15(11-16(18)19(22)23)25-20(27)21-26-17(13-29-21)14-6-5-9-24-12-14;/h5-9,11-13,19H,2-4,10H2,1H3,(H,25,27);1H. The number of anilines is 1. The summed E-state index contributed by atoms with van der Waals surface area (Å²) in [6, 6.07) is 7.89. The number of carbonyl (C=O) groups is 1. The van der Waals surface area contributed by atoms with Crippen LogP contribution in [0.15, 0.2) is 48.1 Å². The second-order valence-electron chi connectivity index (χ2n) is 6.34. The van der Waals surface area contributed by atoms with Crippen molar-refractivity contribution in [2.75, 3.05) is 11.9 Å². The molecule has 0 fully saturated rings. The van der Waals surface area contributed by atoms with Gasteiger partial charge in [-0.3, -0.25) is 14.5 Å². The summed E-state index contributed by atoms with van der Waals surface area (Å²) in [4.78, 5) is 20.8. The van der Waals surface area contributed by atoms with Crippen LogP contribution in [0.5, 0.6) is 5.75 Å². The number of carbonyl (C=O) groups excluding carboxylic acids is 1. The highest BCUT2D eigenvalue weighted by Gasteiger charge is 2.17. The minimum atomic E-state index is -2.70. The third kappa shape index (κ3) is 6.03. The molecule has 0 saturated carbocycles. The lowest BCUT2D eigenvalue weighted by Gasteiger charge is -2.13. The average Bonchev–Trinajstić information content (AvgIpc) is 3.23. The fourth-order valence-electron chi connectivity index (χ4n) is 2.67. The van der Waals surface area contributed by atoms with Crippen molar-refractivity contribution in [2.24, 2.45) is 0 Å². The number of benzene rings is 1. The van der Waals surface area contributed by atoms with Gasteiger partial charge in [0.1, 0.15) is 5.75 Å². The van der Waals surface area contributed by atoms with Crippen molar-refractivity contribution >= 4 is 22.9 Å². The van der Waals surface area contributed by atoms with Gasteiger partial charge in [0.15, 0.2) is 5.01 Å². The molecule has 0 aliphatic heterocycles. The summed E-state index contributed by atoms with van der Waals surface area (Å²) in [5, 5.41) is 4.62. The summed E-state index contributed by atoms with van der Waals surface area (Å²) in [5.41, 5.74) is 1.46. The lowest BCUT2D eigenvalue weighted by molar-refractivity contribution is 0.102. The molecule has 0 aliphatic rings. The van der Waals surface area contributed by atoms with Gasteiger partial charge in [-0.15, -0.1) is 11.3 Å². The quantitative estimate of drug-likeness (QED) is 0.410. The molecule has 2 aromatic heterocycles. The maximum absolute atomic E-state index is 13.4. The molecule has 1 aromatic carbocycles. The van der Waals surface area contributed by atoms with E-state index in [1.807, 2.05) is 6.07 Å². The Morgan fingerprint density at radius 2 is 2.10 bits per heavy atom. The van der Waals surface area contributed by atoms with Crippen LogP contribution in [-0.4, -0.2) is 22.5 Å². The van der Waals surface area contributed by atoms with E-state index >= 15 is 0 Å². The molecule has 160 valence electrons. The monoisotopic (exact) mass is 437 g/mol. The van der Waals surface area contributed by atoms with Crippen molar-refractivity contribution in [3.8, 4) is 17.0 Å². The number of hydrogen-bond acceptors (Lipinski definition) is 5. The highest BCUT2D eigenvalue weighted by atomic mass is 32.1. The number of ether oxygens (including phenoxy) is 1. The van der Waals surface area contributed by atoms with Gasteiger partial charge < -0.3 is 10.1 Å². The highest BCUT2D eigenvalue weighted by Crippen LogP contribution is 2.32. The van der Waals surface area contributed by atoms with Gasteiger partial charge in [0, 0.05) is 29.0 Å². The number of pyridine rings is 1. The van der Waals surface area contributed by atoms with Crippen LogP contribution in [0.3, 0.4) is 0 Å². The summed E-state index contributed by atoms with van der Waals surface area (Å²) in [6.07, 6.45) is 3.42. The Kier molecular flexibility index (Phi) is 8.79. The molecule has 0 atom stereocenters. The van der Waals surface area contributed by atoms with Gasteiger partial charge in [0.05, 0.1) is 17.9 Å². The maximum atomic E-state index is 13.4. The van der Waals surface area contributed by atoms with E-state index in [1.165, 1.54) is 23.5 Å². The van der Waals surface area contributed by atoms with Crippen LogP contribution >= 0.6 is 11.3 Å². The largest absolute Gasteiger partial charge is 0.493 e. The second-order valence-corrected chi connectivity index (χ2v) is 7.20. The van der Waals surface area contributed by atoms with E-state index in [9.17, 15) is 13.6 Å². The number of thiazole rings is 1. The fraction of sp³-hybridized carbons (Fsp3) is 0.286. The summed E-state index contributed by atoms with van der Waals surface area (Å²) in [7, 11) is 0. The van der Waals surface area contributed by atoms with E-state index in [0.29, 0.717) is 12.3 Å². The summed E-state index contributed by atoms with van der Waals surface area (Å²) in [5.74, 6) is -0.316. The molecule has 3 aromatic rings. The molecule has 0 spiro atoms. The maximum Gasteiger partial charge on any atom is 0.284 e. The summed E-state index contributed by atoms with van der Waals surface area (Å²) in [6.45, 7) is 2.44. The van der Waals surface area contributed by atoms with Crippen LogP contribution < -0.4 is 10.1 Å². The topological polar surface area (TPSA) is 64.1 Å². The first-order valence-electron chi connectivity index (χ1n) is 9.30. The number of nitrogens with zero attached hydrogens (tertiary/aromatic N) is 2. The van der Waals surface area contributed by atoms with Crippen LogP contribution in [0.25, 0.3) is 11.3 Å². The fourth-order valence-corrected chi connectivity index (χ4v) is 3.39. The molecule has 30 heavy (non-hydrogen) atoms. The third-order valence-corrected chi connectivity index (χ3v) is 5.00. The Bertz CT molecular complexity index is 952. The van der Waals surface area contributed by atoms with Crippen LogP contribution in [-0.2, 0) is 0 Å². The lowest BCUT2D eigenvalue weighted by atomic mass is 10.1. The summed E-state index contributed by atoms with van der Waals surface area (Å²) >= 11 is 1.18. The van der Waals surface area contributed by atoms with Crippen molar-refractivity contribution in [1.82, 2.24) is 9.97 Å². The van der Waals surface area contributed by atoms with Gasteiger partial charge in [0.25, 0.3) is 12.3 Å². The van der Waals surface area contributed by atoms with E-state index in [1.54, 1.807) is 29.9 Å². The number of hydrogen-bond donors (Lipinski definition) is 1. The number of amides is 1. The van der Waals surface area contributed by atoms with Crippen LogP contribution in [0.1, 0.15) is 48.0 Å². The SMILES string of the molecule is CCCCCOc1ccc(NC(=O)c2nc(-c3cccnc3)cs2)cc1C(F)F.F. The molecular formula is C21H22F3N3O2S. The molecule has 0 unspecified atom stereocenters. The lowest BCUT2D eigenvalue weighted by Crippen LogP contribution is -2.12. The van der Waals surface area contributed by atoms with E-state index in [-0.39, 0.29) is 26.7 Å². The van der Waals surface area contributed by atoms with Crippen LogP contribution in [0, 0.1) is 0 Å². The third-order valence-electron chi connectivity index (χ3n) is 4.16. The summed E-state index contributed by atoms with van der Waals surface area (Å²) < 4.78 is 32.3. The zero-order chi connectivity index (χ0) is 20.6. The zero-order valence-electron chi connectivity index (χ0n) is 16.3. The molecule has 0 saturated heterocycles.